The number of anilines is 1. The molecule has 1 aliphatic rings. The van der Waals surface area contributed by atoms with Crippen LogP contribution < -0.4 is 16.0 Å². The maximum atomic E-state index is 12.6. The van der Waals surface area contributed by atoms with E-state index in [-0.39, 0.29) is 24.4 Å². The van der Waals surface area contributed by atoms with Gasteiger partial charge in [-0.3, -0.25) is 19.5 Å². The number of amides is 2. The van der Waals surface area contributed by atoms with Gasteiger partial charge in [0.15, 0.2) is 0 Å². The van der Waals surface area contributed by atoms with Gasteiger partial charge in [-0.1, -0.05) is 12.1 Å². The van der Waals surface area contributed by atoms with Crippen LogP contribution in [0.3, 0.4) is 0 Å². The van der Waals surface area contributed by atoms with Gasteiger partial charge in [-0.05, 0) is 36.8 Å². The molecule has 1 aromatic heterocycles. The number of hydrogen-bond donors (Lipinski definition) is 3. The van der Waals surface area contributed by atoms with Gasteiger partial charge in [0.1, 0.15) is 0 Å². The number of nitrogens with one attached hydrogen (secondary N) is 3. The maximum Gasteiger partial charge on any atom is 0.251 e. The minimum Gasteiger partial charge on any atom is -0.352 e. The Bertz CT molecular complexity index is 781. The smallest absolute Gasteiger partial charge is 0.251 e. The molecule has 0 saturated carbocycles. The summed E-state index contributed by atoms with van der Waals surface area (Å²) in [5.41, 5.74) is 2.25. The molecule has 1 aliphatic heterocycles. The number of hydrogen-bond acceptors (Lipinski definition) is 5. The van der Waals surface area contributed by atoms with Gasteiger partial charge in [-0.2, -0.15) is 0 Å². The summed E-state index contributed by atoms with van der Waals surface area (Å²) in [6.07, 6.45) is 3.59. The van der Waals surface area contributed by atoms with Crippen molar-refractivity contribution in [1.82, 2.24) is 20.5 Å². The van der Waals surface area contributed by atoms with Gasteiger partial charge >= 0.3 is 0 Å². The number of piperazine rings is 1. The molecule has 7 nitrogen and oxygen atoms in total. The van der Waals surface area contributed by atoms with Crippen molar-refractivity contribution in [3.05, 3.63) is 59.9 Å². The van der Waals surface area contributed by atoms with Crippen molar-refractivity contribution < 1.29 is 9.59 Å². The van der Waals surface area contributed by atoms with Crippen LogP contribution >= 0.6 is 0 Å². The molecule has 3 N–H and O–H groups in total. The van der Waals surface area contributed by atoms with Crippen LogP contribution in [0.25, 0.3) is 0 Å². The van der Waals surface area contributed by atoms with Crippen LogP contribution in [0.15, 0.2) is 48.8 Å². The monoisotopic (exact) mass is 367 g/mol. The summed E-state index contributed by atoms with van der Waals surface area (Å²) < 4.78 is 0. The number of benzene rings is 1. The van der Waals surface area contributed by atoms with Crippen molar-refractivity contribution in [3.8, 4) is 0 Å². The fourth-order valence-electron chi connectivity index (χ4n) is 3.22. The van der Waals surface area contributed by atoms with Gasteiger partial charge < -0.3 is 16.0 Å². The molecular weight excluding hydrogens is 342 g/mol. The third kappa shape index (κ3) is 5.12. The molecule has 1 aromatic carbocycles. The number of aromatic nitrogens is 1. The number of carbonyl (C=O) groups excluding carboxylic acids is 2. The van der Waals surface area contributed by atoms with Crippen LogP contribution in [0.2, 0.25) is 0 Å². The first-order valence-electron chi connectivity index (χ1n) is 9.20. The van der Waals surface area contributed by atoms with E-state index in [1.165, 1.54) is 0 Å². The maximum absolute atomic E-state index is 12.6. The van der Waals surface area contributed by atoms with Crippen LogP contribution in [0.4, 0.5) is 5.69 Å². The van der Waals surface area contributed by atoms with Crippen LogP contribution in [-0.2, 0) is 4.79 Å². The van der Waals surface area contributed by atoms with Gasteiger partial charge in [0.05, 0.1) is 6.54 Å². The van der Waals surface area contributed by atoms with Gasteiger partial charge in [0, 0.05) is 55.9 Å². The van der Waals surface area contributed by atoms with Gasteiger partial charge in [-0.15, -0.1) is 0 Å². The minimum atomic E-state index is -0.146. The molecule has 2 aromatic rings. The molecule has 1 atom stereocenters. The summed E-state index contributed by atoms with van der Waals surface area (Å²) in [4.78, 5) is 30.9. The van der Waals surface area contributed by atoms with Crippen molar-refractivity contribution in [2.45, 2.75) is 13.0 Å². The zero-order valence-corrected chi connectivity index (χ0v) is 15.4. The molecule has 2 heterocycles. The normalized spacial score (nSPS) is 17.3. The number of rotatable bonds is 6. The van der Waals surface area contributed by atoms with Crippen LogP contribution in [-0.4, -0.2) is 54.4 Å². The zero-order chi connectivity index (χ0) is 19.1. The van der Waals surface area contributed by atoms with E-state index in [1.54, 1.807) is 30.5 Å². The molecule has 0 radical (unpaired) electrons. The fourth-order valence-corrected chi connectivity index (χ4v) is 3.22. The second kappa shape index (κ2) is 9.25. The Morgan fingerprint density at radius 2 is 2.19 bits per heavy atom. The van der Waals surface area contributed by atoms with E-state index in [4.69, 9.17) is 0 Å². The summed E-state index contributed by atoms with van der Waals surface area (Å²) in [6, 6.07) is 11.0. The molecule has 2 amide bonds. The average Bonchev–Trinajstić information content (AvgIpc) is 2.69. The lowest BCUT2D eigenvalue weighted by Crippen LogP contribution is -2.48. The molecule has 1 saturated heterocycles. The zero-order valence-electron chi connectivity index (χ0n) is 15.4. The van der Waals surface area contributed by atoms with E-state index in [0.717, 1.165) is 25.2 Å². The van der Waals surface area contributed by atoms with Crippen LogP contribution in [0.5, 0.6) is 0 Å². The fraction of sp³-hybridized carbons (Fsp3) is 0.350. The summed E-state index contributed by atoms with van der Waals surface area (Å²) >= 11 is 0. The topological polar surface area (TPSA) is 86.4 Å². The molecule has 7 heteroatoms. The quantitative estimate of drug-likeness (QED) is 0.719. The number of nitrogens with zero attached hydrogens (tertiary/aromatic N) is 2. The third-order valence-electron chi connectivity index (χ3n) is 4.52. The van der Waals surface area contributed by atoms with Crippen molar-refractivity contribution >= 4 is 17.5 Å². The SMILES string of the molecule is CCNC(=O)c1cccc(NC(=O)CN2CCNCC2c2cccnc2)c1. The Morgan fingerprint density at radius 3 is 2.96 bits per heavy atom. The number of carbonyl (C=O) groups is 2. The highest BCUT2D eigenvalue weighted by Crippen LogP contribution is 2.21. The Balaban J connectivity index is 1.64. The third-order valence-corrected chi connectivity index (χ3v) is 4.52. The van der Waals surface area contributed by atoms with Crippen molar-refractivity contribution in [2.75, 3.05) is 38.0 Å². The molecule has 0 spiro atoms. The highest BCUT2D eigenvalue weighted by molar-refractivity contribution is 5.97. The summed E-state index contributed by atoms with van der Waals surface area (Å²) in [5.74, 6) is -0.244. The first-order valence-corrected chi connectivity index (χ1v) is 9.20. The molecule has 142 valence electrons. The van der Waals surface area contributed by atoms with E-state index in [2.05, 4.69) is 25.8 Å². The van der Waals surface area contributed by atoms with E-state index in [0.29, 0.717) is 17.8 Å². The van der Waals surface area contributed by atoms with Crippen LogP contribution in [0, 0.1) is 0 Å². The summed E-state index contributed by atoms with van der Waals surface area (Å²) in [7, 11) is 0. The Labute approximate surface area is 159 Å². The second-order valence-electron chi connectivity index (χ2n) is 6.47. The molecule has 3 rings (SSSR count). The van der Waals surface area contributed by atoms with E-state index < -0.39 is 0 Å². The van der Waals surface area contributed by atoms with Crippen molar-refractivity contribution in [3.63, 3.8) is 0 Å². The second-order valence-corrected chi connectivity index (χ2v) is 6.47. The van der Waals surface area contributed by atoms with Gasteiger partial charge in [0.25, 0.3) is 5.91 Å². The predicted molar refractivity (Wildman–Crippen MR) is 104 cm³/mol. The minimum absolute atomic E-state index is 0.0983. The summed E-state index contributed by atoms with van der Waals surface area (Å²) in [6.45, 7) is 5.13. The van der Waals surface area contributed by atoms with E-state index in [1.807, 2.05) is 25.3 Å². The highest BCUT2D eigenvalue weighted by Gasteiger charge is 2.25. The van der Waals surface area contributed by atoms with Crippen molar-refractivity contribution in [2.24, 2.45) is 0 Å². The average molecular weight is 367 g/mol. The lowest BCUT2D eigenvalue weighted by atomic mass is 10.1. The Kier molecular flexibility index (Phi) is 6.51. The molecular formula is C20H25N5O2. The van der Waals surface area contributed by atoms with E-state index >= 15 is 0 Å². The lowest BCUT2D eigenvalue weighted by Gasteiger charge is -2.35. The van der Waals surface area contributed by atoms with E-state index in [9.17, 15) is 9.59 Å². The largest absolute Gasteiger partial charge is 0.352 e. The Hall–Kier alpha value is -2.77. The molecule has 1 fully saturated rings. The summed E-state index contributed by atoms with van der Waals surface area (Å²) in [5, 5.41) is 9.03. The Morgan fingerprint density at radius 1 is 1.30 bits per heavy atom. The predicted octanol–water partition coefficient (Wildman–Crippen LogP) is 1.42. The molecule has 1 unspecified atom stereocenters. The standard InChI is InChI=1S/C20H25N5O2/c1-2-23-20(27)15-5-3-7-17(11-15)24-19(26)14-25-10-9-22-13-18(25)16-6-4-8-21-12-16/h3-8,11-12,18,22H,2,9-10,13-14H2,1H3,(H,23,27)(H,24,26). The van der Waals surface area contributed by atoms with Crippen LogP contribution in [0.1, 0.15) is 28.9 Å². The first-order chi connectivity index (χ1) is 13.2. The molecule has 0 aliphatic carbocycles. The van der Waals surface area contributed by atoms with Gasteiger partial charge in [-0.25, -0.2) is 0 Å². The first kappa shape index (κ1) is 19.0. The van der Waals surface area contributed by atoms with Crippen molar-refractivity contribution in [1.29, 1.82) is 0 Å². The highest BCUT2D eigenvalue weighted by atomic mass is 16.2. The number of pyridine rings is 1. The molecule has 0 bridgehead atoms. The van der Waals surface area contributed by atoms with Gasteiger partial charge in [0.2, 0.25) is 5.91 Å². The lowest BCUT2D eigenvalue weighted by molar-refractivity contribution is -0.118. The molecule has 27 heavy (non-hydrogen) atoms.